The Balaban J connectivity index is 0.000000154. The van der Waals surface area contributed by atoms with Gasteiger partial charge in [-0.15, -0.1) is 0 Å². The molecule has 0 saturated carbocycles. The Kier molecular flexibility index (Phi) is 15.7. The fraction of sp³-hybridized carbons (Fsp3) is 0.381. The molecule has 4 heterocycles. The summed E-state index contributed by atoms with van der Waals surface area (Å²) in [5.74, 6) is 2.27. The van der Waals surface area contributed by atoms with Gasteiger partial charge in [0, 0.05) is 52.4 Å². The average molecular weight is 738 g/mol. The molecule has 4 aromatic carbocycles. The van der Waals surface area contributed by atoms with Crippen LogP contribution in [0.4, 0.5) is 0 Å². The molecular weight excluding hydrogens is 686 g/mol. The van der Waals surface area contributed by atoms with E-state index in [4.69, 9.17) is 0 Å². The van der Waals surface area contributed by atoms with Gasteiger partial charge in [-0.05, 0) is 25.7 Å². The number of hydrogen-bond acceptors (Lipinski definition) is 8. The molecule has 4 aliphatic rings. The van der Waals surface area contributed by atoms with Crippen LogP contribution in [0.2, 0.25) is 0 Å². The Bertz CT molecular complexity index is 1410. The third-order valence-electron chi connectivity index (χ3n) is 9.37. The summed E-state index contributed by atoms with van der Waals surface area (Å²) in [5.41, 5.74) is 0.880. The second-order valence-electron chi connectivity index (χ2n) is 13.2. The van der Waals surface area contributed by atoms with Crippen LogP contribution in [0.5, 0.6) is 0 Å². The van der Waals surface area contributed by atoms with Gasteiger partial charge in [0.15, 0.2) is 11.9 Å². The topological polar surface area (TPSA) is 101 Å². The number of aliphatic imine (C=N–C) groups is 2. The Morgan fingerprint density at radius 2 is 0.745 bits per heavy atom. The maximum atomic E-state index is 12.5. The molecule has 0 unspecified atom stereocenters. The molecule has 0 amide bonds. The fourth-order valence-corrected chi connectivity index (χ4v) is 6.37. The van der Waals surface area contributed by atoms with Crippen molar-refractivity contribution in [3.63, 3.8) is 0 Å². The van der Waals surface area contributed by atoms with Crippen LogP contribution in [0.3, 0.4) is 0 Å². The van der Waals surface area contributed by atoms with Gasteiger partial charge in [0.1, 0.15) is 0 Å². The van der Waals surface area contributed by atoms with Crippen LogP contribution >= 0.6 is 0 Å². The zero-order valence-corrected chi connectivity index (χ0v) is 33.3. The Labute approximate surface area is 317 Å². The van der Waals surface area contributed by atoms with Crippen LogP contribution in [-0.4, -0.2) is 74.1 Å². The number of nitrogens with one attached hydrogen (secondary N) is 2. The first kappa shape index (κ1) is 39.7. The summed E-state index contributed by atoms with van der Waals surface area (Å²) in [5, 5.41) is 31.6. The van der Waals surface area contributed by atoms with Crippen molar-refractivity contribution in [2.24, 2.45) is 9.98 Å². The molecule has 0 aromatic heterocycles. The van der Waals surface area contributed by atoms with E-state index in [9.17, 15) is 10.2 Å². The van der Waals surface area contributed by atoms with E-state index in [-0.39, 0.29) is 19.5 Å². The van der Waals surface area contributed by atoms with Gasteiger partial charge in [0.05, 0.1) is 0 Å². The van der Waals surface area contributed by atoms with Crippen LogP contribution in [0.1, 0.15) is 61.8 Å². The first-order valence-electron chi connectivity index (χ1n) is 18.0. The molecule has 0 spiro atoms. The quantitative estimate of drug-likeness (QED) is 0.295. The molecule has 2 fully saturated rings. The largest absolute Gasteiger partial charge is 2.00 e. The van der Waals surface area contributed by atoms with Crippen molar-refractivity contribution in [3.8, 4) is 0 Å². The summed E-state index contributed by atoms with van der Waals surface area (Å²) in [6.45, 7) is 12.5. The van der Waals surface area contributed by atoms with Crippen LogP contribution in [0, 0.1) is 0 Å². The number of rotatable bonds is 4. The summed E-state index contributed by atoms with van der Waals surface area (Å²) in [6, 6.07) is 37.9. The molecule has 4 aliphatic heterocycles. The molecule has 0 radical (unpaired) electrons. The van der Waals surface area contributed by atoms with E-state index >= 15 is 0 Å². The van der Waals surface area contributed by atoms with Crippen molar-refractivity contribution in [1.82, 2.24) is 20.4 Å². The zero-order chi connectivity index (χ0) is 35.1. The average Bonchev–Trinajstić information content (AvgIpc) is 3.20. The normalized spacial score (nSPS) is 16.4. The first-order valence-corrected chi connectivity index (χ1v) is 18.0. The van der Waals surface area contributed by atoms with Crippen LogP contribution < -0.4 is 20.8 Å². The molecule has 2 saturated heterocycles. The second-order valence-corrected chi connectivity index (χ2v) is 13.2. The number of nitrogens with zero attached hydrogens (tertiary/aromatic N) is 4. The van der Waals surface area contributed by atoms with Gasteiger partial charge in [-0.25, -0.2) is 0 Å². The SMILES string of the molecule is C1CN=C2NCCCN2C1.C1CN=C2NCCCN2C1.CC([O-])(c1ccccc1)c1ccccc1.CC([O-])(c1ccccc1)c1ccccc1.[Zn+2]. The van der Waals surface area contributed by atoms with Crippen molar-refractivity contribution in [2.45, 2.75) is 50.7 Å². The maximum absolute atomic E-state index is 12.5. The Morgan fingerprint density at radius 3 is 1.02 bits per heavy atom. The van der Waals surface area contributed by atoms with E-state index in [0.29, 0.717) is 0 Å². The Hall–Kier alpha value is -4.04. The first-order chi connectivity index (χ1) is 24.4. The molecule has 0 atom stereocenters. The van der Waals surface area contributed by atoms with E-state index in [1.165, 1.54) is 51.9 Å². The summed E-state index contributed by atoms with van der Waals surface area (Å²) in [4.78, 5) is 13.4. The number of benzene rings is 4. The molecule has 0 bridgehead atoms. The summed E-state index contributed by atoms with van der Waals surface area (Å²) >= 11 is 0. The number of guanidine groups is 2. The molecule has 8 nitrogen and oxygen atoms in total. The van der Waals surface area contributed by atoms with E-state index in [1.807, 2.05) is 121 Å². The maximum Gasteiger partial charge on any atom is 2.00 e. The van der Waals surface area contributed by atoms with Crippen molar-refractivity contribution < 1.29 is 29.7 Å². The minimum atomic E-state index is -1.16. The van der Waals surface area contributed by atoms with Crippen LogP contribution in [0.15, 0.2) is 131 Å². The van der Waals surface area contributed by atoms with E-state index in [2.05, 4.69) is 30.4 Å². The summed E-state index contributed by atoms with van der Waals surface area (Å²) in [7, 11) is 0. The van der Waals surface area contributed by atoms with E-state index < -0.39 is 11.2 Å². The predicted octanol–water partition coefficient (Wildman–Crippen LogP) is 4.70. The van der Waals surface area contributed by atoms with Gasteiger partial charge in [0.25, 0.3) is 0 Å². The summed E-state index contributed by atoms with van der Waals surface area (Å²) < 4.78 is 0. The molecule has 264 valence electrons. The van der Waals surface area contributed by atoms with Gasteiger partial charge in [0.2, 0.25) is 0 Å². The monoisotopic (exact) mass is 736 g/mol. The van der Waals surface area contributed by atoms with Crippen molar-refractivity contribution in [3.05, 3.63) is 144 Å². The summed E-state index contributed by atoms with van der Waals surface area (Å²) in [6.07, 6.45) is 4.98. The van der Waals surface area contributed by atoms with Crippen LogP contribution in [-0.2, 0) is 30.7 Å². The smallest absolute Gasteiger partial charge is 0.843 e. The third-order valence-corrected chi connectivity index (χ3v) is 9.37. The van der Waals surface area contributed by atoms with Gasteiger partial charge in [-0.1, -0.05) is 169 Å². The number of fused-ring (bicyclic) bond motifs is 2. The van der Waals surface area contributed by atoms with E-state index in [1.54, 1.807) is 13.8 Å². The number of hydrogen-bond donors (Lipinski definition) is 2. The zero-order valence-electron chi connectivity index (χ0n) is 30.3. The van der Waals surface area contributed by atoms with Gasteiger partial charge in [-0.2, -0.15) is 0 Å². The van der Waals surface area contributed by atoms with Crippen LogP contribution in [0.25, 0.3) is 0 Å². The minimum Gasteiger partial charge on any atom is -0.843 e. The standard InChI is InChI=1S/2C14H13O.2C7H13N3.Zn/c2*1-14(15,12-8-4-2-5-9-12)13-10-6-3-7-11-13;2*1-3-8-7-9-4-2-6-10(7)5-1;/h2*2-11H,1H3;2*1-6H2,(H,8,9);/q2*-1;;;+2. The predicted molar refractivity (Wildman–Crippen MR) is 201 cm³/mol. The van der Waals surface area contributed by atoms with Crippen molar-refractivity contribution >= 4 is 11.9 Å². The van der Waals surface area contributed by atoms with Gasteiger partial charge >= 0.3 is 19.5 Å². The second kappa shape index (κ2) is 20.1. The van der Waals surface area contributed by atoms with Crippen molar-refractivity contribution in [1.29, 1.82) is 0 Å². The molecule has 51 heavy (non-hydrogen) atoms. The molecular formula is C42H52N6O2Zn. The third kappa shape index (κ3) is 11.5. The molecule has 4 aromatic rings. The van der Waals surface area contributed by atoms with Crippen molar-refractivity contribution in [2.75, 3.05) is 52.4 Å². The molecule has 9 heteroatoms. The molecule has 2 N–H and O–H groups in total. The van der Waals surface area contributed by atoms with Gasteiger partial charge < -0.3 is 30.6 Å². The van der Waals surface area contributed by atoms with Gasteiger partial charge in [-0.3, -0.25) is 9.98 Å². The minimum absolute atomic E-state index is 0. The van der Waals surface area contributed by atoms with E-state index in [0.717, 1.165) is 60.4 Å². The molecule has 0 aliphatic carbocycles. The molecule has 8 rings (SSSR count). The Morgan fingerprint density at radius 1 is 0.471 bits per heavy atom. The fourth-order valence-electron chi connectivity index (χ4n) is 6.37.